The predicted molar refractivity (Wildman–Crippen MR) is 123 cm³/mol. The zero-order valence-corrected chi connectivity index (χ0v) is 19.5. The average molecular weight is 497 g/mol. The van der Waals surface area contributed by atoms with Crippen molar-refractivity contribution >= 4 is 50.2 Å². The Bertz CT molecular complexity index is 1220. The van der Waals surface area contributed by atoms with Crippen LogP contribution in [0.15, 0.2) is 47.6 Å². The summed E-state index contributed by atoms with van der Waals surface area (Å²) in [6, 6.07) is 8.41. The van der Waals surface area contributed by atoms with Crippen LogP contribution in [0.25, 0.3) is 11.0 Å². The van der Waals surface area contributed by atoms with Gasteiger partial charge in [0.15, 0.2) is 0 Å². The van der Waals surface area contributed by atoms with Crippen LogP contribution >= 0.6 is 23.2 Å². The van der Waals surface area contributed by atoms with Gasteiger partial charge >= 0.3 is 0 Å². The van der Waals surface area contributed by atoms with Crippen molar-refractivity contribution in [3.8, 4) is 5.75 Å². The molecule has 11 heteroatoms. The van der Waals surface area contributed by atoms with E-state index in [9.17, 15) is 13.2 Å². The van der Waals surface area contributed by atoms with E-state index in [0.29, 0.717) is 59.4 Å². The summed E-state index contributed by atoms with van der Waals surface area (Å²) < 4.78 is 33.2. The van der Waals surface area contributed by atoms with E-state index in [0.717, 1.165) is 0 Å². The third-order valence-corrected chi connectivity index (χ3v) is 7.78. The van der Waals surface area contributed by atoms with Crippen LogP contribution in [0, 0.1) is 0 Å². The van der Waals surface area contributed by atoms with Gasteiger partial charge in [-0.3, -0.25) is 4.79 Å². The van der Waals surface area contributed by atoms with Crippen molar-refractivity contribution in [3.05, 3.63) is 52.8 Å². The van der Waals surface area contributed by atoms with Crippen LogP contribution < -0.4 is 4.74 Å². The minimum Gasteiger partial charge on any atom is -0.492 e. The second-order valence-corrected chi connectivity index (χ2v) is 10.1. The summed E-state index contributed by atoms with van der Waals surface area (Å²) in [6.07, 6.45) is 3.91. The molecule has 0 unspecified atom stereocenters. The third kappa shape index (κ3) is 4.85. The SMILES string of the molecule is O=C(CCCOc1ccc(Cl)cc1Cl)N1CCN(S(=O)(=O)c2c[nH]c3ncccc23)CC1. The van der Waals surface area contributed by atoms with Gasteiger partial charge in [-0.25, -0.2) is 13.4 Å². The van der Waals surface area contributed by atoms with Gasteiger partial charge in [-0.05, 0) is 36.8 Å². The second kappa shape index (κ2) is 9.66. The number of pyridine rings is 1. The van der Waals surface area contributed by atoms with Gasteiger partial charge in [-0.15, -0.1) is 0 Å². The molecule has 8 nitrogen and oxygen atoms in total. The molecule has 1 aliphatic rings. The normalized spacial score (nSPS) is 15.2. The molecule has 0 saturated carbocycles. The van der Waals surface area contributed by atoms with Crippen LogP contribution in [0.5, 0.6) is 5.75 Å². The summed E-state index contributed by atoms with van der Waals surface area (Å²) in [5.41, 5.74) is 0.530. The van der Waals surface area contributed by atoms with Crippen molar-refractivity contribution in [3.63, 3.8) is 0 Å². The van der Waals surface area contributed by atoms with E-state index in [4.69, 9.17) is 27.9 Å². The Morgan fingerprint density at radius 2 is 1.94 bits per heavy atom. The summed E-state index contributed by atoms with van der Waals surface area (Å²) in [5.74, 6) is 0.499. The Hall–Kier alpha value is -2.33. The van der Waals surface area contributed by atoms with Crippen LogP contribution in [-0.2, 0) is 14.8 Å². The number of amides is 1. The summed E-state index contributed by atoms with van der Waals surface area (Å²) >= 11 is 11.9. The highest BCUT2D eigenvalue weighted by Gasteiger charge is 2.31. The topological polar surface area (TPSA) is 95.6 Å². The molecule has 0 bridgehead atoms. The number of H-pyrrole nitrogens is 1. The number of hydrogen-bond acceptors (Lipinski definition) is 5. The van der Waals surface area contributed by atoms with E-state index in [1.807, 2.05) is 0 Å². The quantitative estimate of drug-likeness (QED) is 0.504. The van der Waals surface area contributed by atoms with Gasteiger partial charge in [-0.1, -0.05) is 23.2 Å². The Morgan fingerprint density at radius 1 is 1.16 bits per heavy atom. The summed E-state index contributed by atoms with van der Waals surface area (Å²) in [7, 11) is -3.67. The van der Waals surface area contributed by atoms with Gasteiger partial charge in [0.05, 0.1) is 11.6 Å². The monoisotopic (exact) mass is 496 g/mol. The molecular formula is C21H22Cl2N4O4S. The van der Waals surface area contributed by atoms with Gasteiger partial charge in [0, 0.05) is 55.4 Å². The Labute approximate surface area is 196 Å². The van der Waals surface area contributed by atoms with Crippen molar-refractivity contribution < 1.29 is 17.9 Å². The molecule has 1 fully saturated rings. The van der Waals surface area contributed by atoms with Crippen LogP contribution in [0.2, 0.25) is 10.0 Å². The number of aromatic amines is 1. The highest BCUT2D eigenvalue weighted by atomic mass is 35.5. The van der Waals surface area contributed by atoms with Gasteiger partial charge < -0.3 is 14.6 Å². The maximum absolute atomic E-state index is 13.1. The number of hydrogen-bond donors (Lipinski definition) is 1. The first-order chi connectivity index (χ1) is 15.4. The molecule has 4 rings (SSSR count). The van der Waals surface area contributed by atoms with Gasteiger partial charge in [0.2, 0.25) is 15.9 Å². The van der Waals surface area contributed by atoms with Gasteiger partial charge in [0.1, 0.15) is 16.3 Å². The largest absolute Gasteiger partial charge is 0.492 e. The number of fused-ring (bicyclic) bond motifs is 1. The van der Waals surface area contributed by atoms with Crippen molar-refractivity contribution in [1.82, 2.24) is 19.2 Å². The molecule has 170 valence electrons. The van der Waals surface area contributed by atoms with E-state index in [-0.39, 0.29) is 23.9 Å². The highest BCUT2D eigenvalue weighted by molar-refractivity contribution is 7.89. The average Bonchev–Trinajstić information content (AvgIpc) is 3.23. The number of carbonyl (C=O) groups is 1. The molecule has 2 aromatic heterocycles. The lowest BCUT2D eigenvalue weighted by molar-refractivity contribution is -0.132. The van der Waals surface area contributed by atoms with E-state index in [1.54, 1.807) is 41.4 Å². The minimum atomic E-state index is -3.67. The fraction of sp³-hybridized carbons (Fsp3) is 0.333. The molecule has 3 heterocycles. The molecule has 32 heavy (non-hydrogen) atoms. The lowest BCUT2D eigenvalue weighted by Crippen LogP contribution is -2.50. The number of rotatable bonds is 7. The molecule has 0 aliphatic carbocycles. The fourth-order valence-corrected chi connectivity index (χ4v) is 5.65. The van der Waals surface area contributed by atoms with Crippen molar-refractivity contribution in [2.24, 2.45) is 0 Å². The Kier molecular flexibility index (Phi) is 6.90. The number of nitrogens with zero attached hydrogens (tertiary/aromatic N) is 3. The molecule has 0 radical (unpaired) electrons. The third-order valence-electron chi connectivity index (χ3n) is 5.31. The lowest BCUT2D eigenvalue weighted by atomic mass is 10.2. The Morgan fingerprint density at radius 3 is 2.69 bits per heavy atom. The molecular weight excluding hydrogens is 475 g/mol. The number of nitrogens with one attached hydrogen (secondary N) is 1. The number of ether oxygens (including phenoxy) is 1. The minimum absolute atomic E-state index is 0.0239. The van der Waals surface area contributed by atoms with Crippen LogP contribution in [0.3, 0.4) is 0 Å². The van der Waals surface area contributed by atoms with Crippen LogP contribution in [-0.4, -0.2) is 66.3 Å². The summed E-state index contributed by atoms with van der Waals surface area (Å²) in [4.78, 5) is 21.5. The van der Waals surface area contributed by atoms with Gasteiger partial charge in [0.25, 0.3) is 0 Å². The molecule has 0 spiro atoms. The number of benzene rings is 1. The number of aromatic nitrogens is 2. The van der Waals surface area contributed by atoms with Crippen molar-refractivity contribution in [1.29, 1.82) is 0 Å². The van der Waals surface area contributed by atoms with Crippen molar-refractivity contribution in [2.45, 2.75) is 17.7 Å². The molecule has 3 aromatic rings. The fourth-order valence-electron chi connectivity index (χ4n) is 3.62. The predicted octanol–water partition coefficient (Wildman–Crippen LogP) is 3.56. The molecule has 1 amide bonds. The second-order valence-electron chi connectivity index (χ2n) is 7.36. The first kappa shape index (κ1) is 22.8. The molecule has 1 aromatic carbocycles. The number of piperazine rings is 1. The van der Waals surface area contributed by atoms with E-state index in [1.165, 1.54) is 10.5 Å². The summed E-state index contributed by atoms with van der Waals surface area (Å²) in [6.45, 7) is 1.54. The van der Waals surface area contributed by atoms with E-state index in [2.05, 4.69) is 9.97 Å². The Balaban J connectivity index is 1.27. The zero-order valence-electron chi connectivity index (χ0n) is 17.1. The molecule has 1 N–H and O–H groups in total. The summed E-state index contributed by atoms with van der Waals surface area (Å²) in [5, 5.41) is 1.51. The van der Waals surface area contributed by atoms with E-state index >= 15 is 0 Å². The molecule has 1 saturated heterocycles. The zero-order chi connectivity index (χ0) is 22.7. The number of carbonyl (C=O) groups excluding carboxylic acids is 1. The standard InChI is InChI=1S/C21H22Cl2N4O4S/c22-15-5-6-18(17(23)13-15)31-12-2-4-20(28)26-8-10-27(11-9-26)32(29,30)19-14-25-21-16(19)3-1-7-24-21/h1,3,5-7,13-14H,2,4,8-12H2,(H,24,25). The molecule has 1 aliphatic heterocycles. The number of sulfonamides is 1. The number of halogens is 2. The van der Waals surface area contributed by atoms with Gasteiger partial charge in [-0.2, -0.15) is 4.31 Å². The van der Waals surface area contributed by atoms with Crippen LogP contribution in [0.4, 0.5) is 0 Å². The smallest absolute Gasteiger partial charge is 0.245 e. The van der Waals surface area contributed by atoms with Crippen LogP contribution in [0.1, 0.15) is 12.8 Å². The first-order valence-corrected chi connectivity index (χ1v) is 12.3. The first-order valence-electron chi connectivity index (χ1n) is 10.1. The van der Waals surface area contributed by atoms with Crippen molar-refractivity contribution in [2.75, 3.05) is 32.8 Å². The maximum Gasteiger partial charge on any atom is 0.245 e. The highest BCUT2D eigenvalue weighted by Crippen LogP contribution is 2.28. The lowest BCUT2D eigenvalue weighted by Gasteiger charge is -2.34. The maximum atomic E-state index is 13.1. The molecule has 0 atom stereocenters. The van der Waals surface area contributed by atoms with E-state index < -0.39 is 10.0 Å².